The van der Waals surface area contributed by atoms with Crippen molar-refractivity contribution in [3.8, 4) is 5.75 Å². The minimum atomic E-state index is -0.231. The molecule has 2 saturated heterocycles. The molecule has 172 valence electrons. The van der Waals surface area contributed by atoms with Gasteiger partial charge in [-0.2, -0.15) is 0 Å². The summed E-state index contributed by atoms with van der Waals surface area (Å²) in [6.45, 7) is 5.07. The Balaban J connectivity index is 1.28. The lowest BCUT2D eigenvalue weighted by atomic mass is 9.83. The van der Waals surface area contributed by atoms with E-state index in [0.29, 0.717) is 23.3 Å². The van der Waals surface area contributed by atoms with Crippen LogP contribution in [0.3, 0.4) is 0 Å². The number of aryl methyl sites for hydroxylation is 2. The van der Waals surface area contributed by atoms with Gasteiger partial charge in [-0.1, -0.05) is 6.42 Å². The fraction of sp³-hybridized carbons (Fsp3) is 0.615. The van der Waals surface area contributed by atoms with E-state index in [2.05, 4.69) is 10.2 Å². The van der Waals surface area contributed by atoms with Gasteiger partial charge in [0.1, 0.15) is 11.3 Å². The number of nitrogens with one attached hydrogen (secondary N) is 1. The molecule has 5 rings (SSSR count). The summed E-state index contributed by atoms with van der Waals surface area (Å²) in [6, 6.07) is 4.46. The zero-order valence-corrected chi connectivity index (χ0v) is 19.1. The van der Waals surface area contributed by atoms with Crippen LogP contribution in [0.15, 0.2) is 21.3 Å². The monoisotopic (exact) mass is 438 g/mol. The van der Waals surface area contributed by atoms with E-state index < -0.39 is 0 Å². The molecule has 32 heavy (non-hydrogen) atoms. The average Bonchev–Trinajstić information content (AvgIpc) is 2.81. The number of piperidine rings is 2. The summed E-state index contributed by atoms with van der Waals surface area (Å²) in [4.78, 5) is 27.7. The van der Waals surface area contributed by atoms with E-state index in [0.717, 1.165) is 54.3 Å². The Bertz CT molecular complexity index is 1060. The van der Waals surface area contributed by atoms with Crippen LogP contribution in [0.5, 0.6) is 5.75 Å². The molecular formula is C26H34N2O4. The lowest BCUT2D eigenvalue weighted by Gasteiger charge is -2.44. The van der Waals surface area contributed by atoms with Gasteiger partial charge in [-0.05, 0) is 101 Å². The number of rotatable bonds is 5. The zero-order chi connectivity index (χ0) is 22.1. The van der Waals surface area contributed by atoms with E-state index >= 15 is 0 Å². The second-order valence-corrected chi connectivity index (χ2v) is 9.78. The first-order valence-electron chi connectivity index (χ1n) is 12.3. The van der Waals surface area contributed by atoms with Crippen molar-refractivity contribution in [3.63, 3.8) is 0 Å². The number of fused-ring (bicyclic) bond motifs is 4. The smallest absolute Gasteiger partial charge is 0.339 e. The third kappa shape index (κ3) is 4.29. The van der Waals surface area contributed by atoms with Crippen LogP contribution in [-0.2, 0) is 17.6 Å². The first-order valence-corrected chi connectivity index (χ1v) is 12.3. The van der Waals surface area contributed by atoms with Gasteiger partial charge in [0.2, 0.25) is 0 Å². The van der Waals surface area contributed by atoms with Gasteiger partial charge in [0.25, 0.3) is 5.91 Å². The van der Waals surface area contributed by atoms with Gasteiger partial charge in [0, 0.05) is 18.2 Å². The highest BCUT2D eigenvalue weighted by atomic mass is 16.5. The highest BCUT2D eigenvalue weighted by Gasteiger charge is 2.33. The van der Waals surface area contributed by atoms with Gasteiger partial charge in [-0.25, -0.2) is 4.79 Å². The summed E-state index contributed by atoms with van der Waals surface area (Å²) in [6.07, 6.45) is 9.93. The van der Waals surface area contributed by atoms with Crippen LogP contribution in [0.4, 0.5) is 0 Å². The summed E-state index contributed by atoms with van der Waals surface area (Å²) < 4.78 is 11.7. The number of hydrogen-bond donors (Lipinski definition) is 1. The molecule has 6 heteroatoms. The molecule has 2 aromatic rings. The molecule has 1 aliphatic carbocycles. The van der Waals surface area contributed by atoms with Crippen LogP contribution >= 0.6 is 0 Å². The Morgan fingerprint density at radius 3 is 2.78 bits per heavy atom. The maximum Gasteiger partial charge on any atom is 0.339 e. The van der Waals surface area contributed by atoms with E-state index in [1.54, 1.807) is 0 Å². The molecule has 3 aliphatic rings. The largest absolute Gasteiger partial charge is 0.483 e. The van der Waals surface area contributed by atoms with Gasteiger partial charge in [-0.15, -0.1) is 0 Å². The molecule has 3 heterocycles. The Labute approximate surface area is 189 Å². The summed E-state index contributed by atoms with van der Waals surface area (Å²) >= 11 is 0. The van der Waals surface area contributed by atoms with Crippen molar-refractivity contribution < 1.29 is 13.9 Å². The SMILES string of the molecule is Cc1cc(OCC(=O)NC[C@H]2CCCN3CCCC[C@@H]23)c2c3c(c(=O)oc2c1)CCCC3. The van der Waals surface area contributed by atoms with Crippen LogP contribution in [0.1, 0.15) is 61.6 Å². The Kier molecular flexibility index (Phi) is 6.22. The summed E-state index contributed by atoms with van der Waals surface area (Å²) in [5.74, 6) is 1.10. The van der Waals surface area contributed by atoms with E-state index in [9.17, 15) is 9.59 Å². The minimum Gasteiger partial charge on any atom is -0.483 e. The van der Waals surface area contributed by atoms with E-state index in [1.165, 1.54) is 45.2 Å². The van der Waals surface area contributed by atoms with Crippen molar-refractivity contribution in [1.29, 1.82) is 0 Å². The minimum absolute atomic E-state index is 0.0203. The zero-order valence-electron chi connectivity index (χ0n) is 19.1. The molecule has 1 aromatic carbocycles. The van der Waals surface area contributed by atoms with E-state index in [-0.39, 0.29) is 18.1 Å². The molecule has 0 radical (unpaired) electrons. The first kappa shape index (κ1) is 21.5. The Morgan fingerprint density at radius 1 is 1.09 bits per heavy atom. The summed E-state index contributed by atoms with van der Waals surface area (Å²) in [5, 5.41) is 3.99. The van der Waals surface area contributed by atoms with Crippen LogP contribution in [-0.4, -0.2) is 43.1 Å². The van der Waals surface area contributed by atoms with Crippen molar-refractivity contribution in [2.75, 3.05) is 26.2 Å². The topological polar surface area (TPSA) is 71.8 Å². The Hall–Kier alpha value is -2.34. The van der Waals surface area contributed by atoms with Crippen LogP contribution in [0, 0.1) is 12.8 Å². The number of carbonyl (C=O) groups excluding carboxylic acids is 1. The lowest BCUT2D eigenvalue weighted by Crippen LogP contribution is -2.51. The van der Waals surface area contributed by atoms with Crippen LogP contribution in [0.25, 0.3) is 11.0 Å². The second-order valence-electron chi connectivity index (χ2n) is 9.78. The van der Waals surface area contributed by atoms with Crippen molar-refractivity contribution in [3.05, 3.63) is 39.2 Å². The number of benzene rings is 1. The quantitative estimate of drug-likeness (QED) is 0.720. The van der Waals surface area contributed by atoms with Crippen LogP contribution in [0.2, 0.25) is 0 Å². The van der Waals surface area contributed by atoms with Gasteiger partial charge in [0.15, 0.2) is 6.61 Å². The molecule has 1 N–H and O–H groups in total. The predicted molar refractivity (Wildman–Crippen MR) is 124 cm³/mol. The molecule has 0 unspecified atom stereocenters. The molecule has 2 fully saturated rings. The predicted octanol–water partition coefficient (Wildman–Crippen LogP) is 3.74. The standard InChI is InChI=1S/C26H34N2O4/c1-17-13-22(25-19-8-2-3-9-20(19)26(30)32-23(25)14-17)31-16-24(29)27-15-18-7-6-12-28-11-5-4-10-21(18)28/h13-14,18,21H,2-12,15-16H2,1H3,(H,27,29)/t18-,21+/m1/s1. The van der Waals surface area contributed by atoms with Crippen molar-refractivity contribution in [1.82, 2.24) is 10.2 Å². The van der Waals surface area contributed by atoms with Gasteiger partial charge in [0.05, 0.1) is 5.39 Å². The molecule has 2 atom stereocenters. The molecule has 1 aromatic heterocycles. The summed E-state index contributed by atoms with van der Waals surface area (Å²) in [5.41, 5.74) is 3.09. The normalized spacial score (nSPS) is 23.4. The number of hydrogen-bond acceptors (Lipinski definition) is 5. The molecule has 2 aliphatic heterocycles. The highest BCUT2D eigenvalue weighted by molar-refractivity contribution is 5.89. The molecular weight excluding hydrogens is 404 g/mol. The lowest BCUT2D eigenvalue weighted by molar-refractivity contribution is -0.123. The fourth-order valence-corrected chi connectivity index (χ4v) is 6.04. The molecule has 0 saturated carbocycles. The van der Waals surface area contributed by atoms with Gasteiger partial charge < -0.3 is 19.4 Å². The number of amides is 1. The Morgan fingerprint density at radius 2 is 1.91 bits per heavy atom. The van der Waals surface area contributed by atoms with Gasteiger partial charge >= 0.3 is 5.63 Å². The third-order valence-electron chi connectivity index (χ3n) is 7.58. The molecule has 1 amide bonds. The van der Waals surface area contributed by atoms with Crippen LogP contribution < -0.4 is 15.7 Å². The van der Waals surface area contributed by atoms with Crippen molar-refractivity contribution in [2.24, 2.45) is 5.92 Å². The number of carbonyl (C=O) groups is 1. The third-order valence-corrected chi connectivity index (χ3v) is 7.58. The molecule has 6 nitrogen and oxygen atoms in total. The van der Waals surface area contributed by atoms with Crippen molar-refractivity contribution >= 4 is 16.9 Å². The second kappa shape index (κ2) is 9.26. The average molecular weight is 439 g/mol. The molecule has 0 bridgehead atoms. The maximum atomic E-state index is 12.7. The molecule has 0 spiro atoms. The van der Waals surface area contributed by atoms with E-state index in [4.69, 9.17) is 9.15 Å². The van der Waals surface area contributed by atoms with Gasteiger partial charge in [-0.3, -0.25) is 4.79 Å². The van der Waals surface area contributed by atoms with E-state index in [1.807, 2.05) is 19.1 Å². The summed E-state index contributed by atoms with van der Waals surface area (Å²) in [7, 11) is 0. The highest BCUT2D eigenvalue weighted by Crippen LogP contribution is 2.35. The maximum absolute atomic E-state index is 12.7. The van der Waals surface area contributed by atoms with Crippen molar-refractivity contribution in [2.45, 2.75) is 70.8 Å². The fourth-order valence-electron chi connectivity index (χ4n) is 6.04. The first-order chi connectivity index (χ1) is 15.6. The number of ether oxygens (including phenoxy) is 1. The number of nitrogens with zero attached hydrogens (tertiary/aromatic N) is 1.